The van der Waals surface area contributed by atoms with Gasteiger partial charge >= 0.3 is 6.18 Å². The highest BCUT2D eigenvalue weighted by Gasteiger charge is 2.30. The molecule has 4 nitrogen and oxygen atoms in total. The number of rotatable bonds is 4. The quantitative estimate of drug-likeness (QED) is 0.924. The van der Waals surface area contributed by atoms with Crippen LogP contribution in [0.15, 0.2) is 47.5 Å². The number of pyridine rings is 1. The van der Waals surface area contributed by atoms with Gasteiger partial charge in [0.25, 0.3) is 0 Å². The number of hydrogen-bond donors (Lipinski definition) is 1. The molecule has 0 amide bonds. The first kappa shape index (κ1) is 17.4. The van der Waals surface area contributed by atoms with Crippen LogP contribution in [0.4, 0.5) is 13.2 Å². The van der Waals surface area contributed by atoms with Crippen LogP contribution in [0.3, 0.4) is 0 Å². The van der Waals surface area contributed by atoms with Crippen LogP contribution in [0.5, 0.6) is 0 Å². The first-order valence-corrected chi connectivity index (χ1v) is 8.20. The van der Waals surface area contributed by atoms with Crippen molar-refractivity contribution in [3.05, 3.63) is 59.4 Å². The van der Waals surface area contributed by atoms with E-state index in [1.807, 2.05) is 0 Å². The largest absolute Gasteiger partial charge is 0.416 e. The van der Waals surface area contributed by atoms with Crippen molar-refractivity contribution < 1.29 is 21.6 Å². The fraction of sp³-hybridized carbons (Fsp3) is 0.267. The Kier molecular flexibility index (Phi) is 4.76. The molecule has 2 rings (SSSR count). The van der Waals surface area contributed by atoms with Crippen LogP contribution in [0, 0.1) is 6.92 Å². The summed E-state index contributed by atoms with van der Waals surface area (Å²) in [5, 5.41) is 0. The first-order chi connectivity index (χ1) is 10.6. The Morgan fingerprint density at radius 2 is 1.70 bits per heavy atom. The van der Waals surface area contributed by atoms with E-state index >= 15 is 0 Å². The number of hydrogen-bond acceptors (Lipinski definition) is 3. The van der Waals surface area contributed by atoms with Crippen molar-refractivity contribution in [2.75, 3.05) is 0 Å². The monoisotopic (exact) mass is 344 g/mol. The van der Waals surface area contributed by atoms with Crippen LogP contribution >= 0.6 is 0 Å². The summed E-state index contributed by atoms with van der Waals surface area (Å²) in [7, 11) is -3.80. The summed E-state index contributed by atoms with van der Waals surface area (Å²) >= 11 is 0. The molecule has 1 aromatic heterocycles. The van der Waals surface area contributed by atoms with E-state index in [9.17, 15) is 21.6 Å². The van der Waals surface area contributed by atoms with Gasteiger partial charge in [-0.1, -0.05) is 12.1 Å². The van der Waals surface area contributed by atoms with Crippen LogP contribution in [0.1, 0.15) is 29.8 Å². The molecule has 2 aromatic rings. The molecular formula is C15H15F3N2O2S. The minimum atomic E-state index is -4.42. The van der Waals surface area contributed by atoms with E-state index in [1.165, 1.54) is 24.4 Å². The standard InChI is InChI=1S/C15H15F3N2O2S/c1-10-3-8-14(9-19-10)23(21,22)20-11(2)12-4-6-13(7-5-12)15(16,17)18/h3-9,11,20H,1-2H3/t11-/m0/s1. The average Bonchev–Trinajstić information content (AvgIpc) is 2.46. The number of alkyl halides is 3. The van der Waals surface area contributed by atoms with Crippen LogP contribution in [0.2, 0.25) is 0 Å². The number of sulfonamides is 1. The van der Waals surface area contributed by atoms with Crippen molar-refractivity contribution in [2.24, 2.45) is 0 Å². The second-order valence-corrected chi connectivity index (χ2v) is 6.81. The van der Waals surface area contributed by atoms with Gasteiger partial charge in [0.05, 0.1) is 5.56 Å². The van der Waals surface area contributed by atoms with Gasteiger partial charge in [-0.05, 0) is 43.7 Å². The van der Waals surface area contributed by atoms with E-state index in [2.05, 4.69) is 9.71 Å². The summed E-state index contributed by atoms with van der Waals surface area (Å²) in [6.07, 6.45) is -3.19. The molecule has 0 saturated carbocycles. The van der Waals surface area contributed by atoms with Crippen LogP contribution in [-0.2, 0) is 16.2 Å². The second kappa shape index (κ2) is 6.29. The summed E-state index contributed by atoms with van der Waals surface area (Å²) < 4.78 is 64.4. The van der Waals surface area contributed by atoms with Crippen molar-refractivity contribution in [3.8, 4) is 0 Å². The molecule has 0 aliphatic rings. The lowest BCUT2D eigenvalue weighted by Crippen LogP contribution is -2.27. The van der Waals surface area contributed by atoms with Gasteiger partial charge in [-0.3, -0.25) is 4.98 Å². The summed E-state index contributed by atoms with van der Waals surface area (Å²) in [6, 6.07) is 6.67. The maximum absolute atomic E-state index is 12.5. The van der Waals surface area contributed by atoms with Crippen molar-refractivity contribution in [1.82, 2.24) is 9.71 Å². The first-order valence-electron chi connectivity index (χ1n) is 6.72. The fourth-order valence-electron chi connectivity index (χ4n) is 1.94. The summed E-state index contributed by atoms with van der Waals surface area (Å²) in [4.78, 5) is 3.92. The summed E-state index contributed by atoms with van der Waals surface area (Å²) in [6.45, 7) is 3.29. The third-order valence-electron chi connectivity index (χ3n) is 3.26. The van der Waals surface area contributed by atoms with Crippen molar-refractivity contribution >= 4 is 10.0 Å². The maximum atomic E-state index is 12.5. The zero-order valence-electron chi connectivity index (χ0n) is 12.4. The third-order valence-corrected chi connectivity index (χ3v) is 4.79. The smallest absolute Gasteiger partial charge is 0.260 e. The minimum Gasteiger partial charge on any atom is -0.260 e. The number of nitrogens with one attached hydrogen (secondary N) is 1. The van der Waals surface area contributed by atoms with E-state index in [1.54, 1.807) is 19.9 Å². The average molecular weight is 344 g/mol. The molecule has 0 aliphatic heterocycles. The van der Waals surface area contributed by atoms with E-state index in [-0.39, 0.29) is 4.90 Å². The van der Waals surface area contributed by atoms with Gasteiger partial charge in [-0.15, -0.1) is 0 Å². The fourth-order valence-corrected chi connectivity index (χ4v) is 3.12. The molecule has 0 bridgehead atoms. The van der Waals surface area contributed by atoms with Gasteiger partial charge in [0.2, 0.25) is 10.0 Å². The molecular weight excluding hydrogens is 329 g/mol. The van der Waals surface area contributed by atoms with Gasteiger partial charge in [-0.2, -0.15) is 13.2 Å². The third kappa shape index (κ3) is 4.29. The number of nitrogens with zero attached hydrogens (tertiary/aromatic N) is 1. The zero-order valence-corrected chi connectivity index (χ0v) is 13.2. The summed E-state index contributed by atoms with van der Waals surface area (Å²) in [5.41, 5.74) is 0.334. The van der Waals surface area contributed by atoms with E-state index in [0.717, 1.165) is 12.1 Å². The number of benzene rings is 1. The topological polar surface area (TPSA) is 59.1 Å². The molecule has 0 saturated heterocycles. The van der Waals surface area contributed by atoms with Gasteiger partial charge < -0.3 is 0 Å². The Hall–Kier alpha value is -1.93. The van der Waals surface area contributed by atoms with Crippen LogP contribution < -0.4 is 4.72 Å². The number of halogens is 3. The lowest BCUT2D eigenvalue weighted by Gasteiger charge is -2.15. The van der Waals surface area contributed by atoms with Gasteiger partial charge in [0, 0.05) is 17.9 Å². The van der Waals surface area contributed by atoms with Gasteiger partial charge in [0.15, 0.2) is 0 Å². The van der Waals surface area contributed by atoms with E-state index < -0.39 is 27.8 Å². The molecule has 1 aromatic carbocycles. The summed E-state index contributed by atoms with van der Waals surface area (Å²) in [5.74, 6) is 0. The lowest BCUT2D eigenvalue weighted by atomic mass is 10.1. The van der Waals surface area contributed by atoms with Crippen LogP contribution in [-0.4, -0.2) is 13.4 Å². The normalized spacial score (nSPS) is 13.8. The second-order valence-electron chi connectivity index (χ2n) is 5.10. The van der Waals surface area contributed by atoms with Gasteiger partial charge in [0.1, 0.15) is 4.90 Å². The SMILES string of the molecule is Cc1ccc(S(=O)(=O)N[C@@H](C)c2ccc(C(F)(F)F)cc2)cn1. The Morgan fingerprint density at radius 3 is 2.17 bits per heavy atom. The molecule has 1 atom stereocenters. The maximum Gasteiger partial charge on any atom is 0.416 e. The molecule has 0 spiro atoms. The number of aryl methyl sites for hydroxylation is 1. The Labute approximate surface area is 132 Å². The molecule has 23 heavy (non-hydrogen) atoms. The molecule has 1 heterocycles. The van der Waals surface area contributed by atoms with Crippen molar-refractivity contribution in [3.63, 3.8) is 0 Å². The van der Waals surface area contributed by atoms with Crippen molar-refractivity contribution in [1.29, 1.82) is 0 Å². The Morgan fingerprint density at radius 1 is 1.09 bits per heavy atom. The molecule has 8 heteroatoms. The molecule has 124 valence electrons. The predicted octanol–water partition coefficient (Wildman–Crippen LogP) is 3.45. The highest BCUT2D eigenvalue weighted by molar-refractivity contribution is 7.89. The van der Waals surface area contributed by atoms with E-state index in [4.69, 9.17) is 0 Å². The molecule has 0 unspecified atom stereocenters. The zero-order chi connectivity index (χ0) is 17.3. The molecule has 0 fully saturated rings. The molecule has 1 N–H and O–H groups in total. The Balaban J connectivity index is 2.18. The number of aromatic nitrogens is 1. The van der Waals surface area contributed by atoms with Gasteiger partial charge in [-0.25, -0.2) is 13.1 Å². The Bertz CT molecular complexity index is 770. The van der Waals surface area contributed by atoms with Crippen LogP contribution in [0.25, 0.3) is 0 Å². The highest BCUT2D eigenvalue weighted by atomic mass is 32.2. The molecule has 0 radical (unpaired) electrons. The molecule has 0 aliphatic carbocycles. The minimum absolute atomic E-state index is 0.00172. The van der Waals surface area contributed by atoms with E-state index in [0.29, 0.717) is 11.3 Å². The highest BCUT2D eigenvalue weighted by Crippen LogP contribution is 2.30. The lowest BCUT2D eigenvalue weighted by molar-refractivity contribution is -0.137. The van der Waals surface area contributed by atoms with Crippen molar-refractivity contribution in [2.45, 2.75) is 31.0 Å². The predicted molar refractivity (Wildman–Crippen MR) is 79.2 cm³/mol.